The van der Waals surface area contributed by atoms with Crippen LogP contribution >= 0.6 is 0 Å². The van der Waals surface area contributed by atoms with Crippen LogP contribution in [0.1, 0.15) is 48.9 Å². The number of aliphatic hydroxyl groups excluding tert-OH is 1. The number of ether oxygens (including phenoxy) is 1. The van der Waals surface area contributed by atoms with Crippen molar-refractivity contribution in [3.63, 3.8) is 0 Å². The number of carbonyl (C=O) groups is 1. The molecule has 1 aliphatic rings. The number of nitrogens with zero attached hydrogens (tertiary/aromatic N) is 2. The van der Waals surface area contributed by atoms with Crippen LogP contribution < -0.4 is 0 Å². The lowest BCUT2D eigenvalue weighted by Gasteiger charge is -2.43. The zero-order chi connectivity index (χ0) is 23.4. The van der Waals surface area contributed by atoms with E-state index in [0.717, 1.165) is 27.8 Å². The molecule has 1 saturated heterocycles. The largest absolute Gasteiger partial charge is 0.438 e. The second-order valence-corrected chi connectivity index (χ2v) is 8.69. The Morgan fingerprint density at radius 3 is 2.48 bits per heavy atom. The predicted octanol–water partition coefficient (Wildman–Crippen LogP) is 5.77. The number of cyclic esters (lactones) is 1. The Morgan fingerprint density at radius 2 is 1.85 bits per heavy atom. The third-order valence-electron chi connectivity index (χ3n) is 6.45. The number of rotatable bonds is 7. The fourth-order valence-corrected chi connectivity index (χ4v) is 4.51. The highest BCUT2D eigenvalue weighted by Gasteiger charge is 2.43. The van der Waals surface area contributed by atoms with Gasteiger partial charge in [-0.15, -0.1) is 0 Å². The zero-order valence-electron chi connectivity index (χ0n) is 19.0. The van der Waals surface area contributed by atoms with Gasteiger partial charge in [0.2, 0.25) is 0 Å². The van der Waals surface area contributed by atoms with Crippen LogP contribution in [0.3, 0.4) is 0 Å². The van der Waals surface area contributed by atoms with Crippen LogP contribution in [-0.2, 0) is 10.3 Å². The minimum atomic E-state index is -0.855. The monoisotopic (exact) mass is 448 g/mol. The van der Waals surface area contributed by atoms with Gasteiger partial charge in [0.15, 0.2) is 0 Å². The Hall–Kier alpha value is -3.25. The molecule has 1 aliphatic heterocycles. The average Bonchev–Trinajstić information content (AvgIpc) is 2.83. The molecule has 0 unspecified atom stereocenters. The lowest BCUT2D eigenvalue weighted by atomic mass is 9.84. The smallest absolute Gasteiger partial charge is 0.411 e. The van der Waals surface area contributed by atoms with Crippen molar-refractivity contribution in [2.75, 3.05) is 13.2 Å². The van der Waals surface area contributed by atoms with Crippen LogP contribution in [0, 0.1) is 12.7 Å². The van der Waals surface area contributed by atoms with E-state index in [1.165, 1.54) is 12.1 Å². The van der Waals surface area contributed by atoms with E-state index in [0.29, 0.717) is 25.8 Å². The fraction of sp³-hybridized carbons (Fsp3) is 0.333. The van der Waals surface area contributed by atoms with Gasteiger partial charge < -0.3 is 14.7 Å². The fourth-order valence-electron chi connectivity index (χ4n) is 4.51. The van der Waals surface area contributed by atoms with Crippen LogP contribution in [0.2, 0.25) is 0 Å². The number of pyridine rings is 1. The second kappa shape index (κ2) is 9.71. The van der Waals surface area contributed by atoms with Gasteiger partial charge in [0.05, 0.1) is 6.04 Å². The number of aryl methyl sites for hydroxylation is 1. The van der Waals surface area contributed by atoms with Crippen LogP contribution in [0.25, 0.3) is 11.1 Å². The predicted molar refractivity (Wildman–Crippen MR) is 125 cm³/mol. The molecule has 0 spiro atoms. The number of hydrogen-bond acceptors (Lipinski definition) is 4. The lowest BCUT2D eigenvalue weighted by molar-refractivity contribution is -0.0680. The highest BCUT2D eigenvalue weighted by molar-refractivity contribution is 5.70. The number of hydrogen-bond donors (Lipinski definition) is 1. The number of halogens is 1. The van der Waals surface area contributed by atoms with E-state index in [4.69, 9.17) is 4.74 Å². The number of amides is 1. The Kier molecular flexibility index (Phi) is 6.75. The molecule has 33 heavy (non-hydrogen) atoms. The molecule has 0 radical (unpaired) electrons. The minimum Gasteiger partial charge on any atom is -0.438 e. The first kappa shape index (κ1) is 22.9. The quantitative estimate of drug-likeness (QED) is 0.499. The average molecular weight is 449 g/mol. The van der Waals surface area contributed by atoms with Crippen molar-refractivity contribution < 1.29 is 19.0 Å². The van der Waals surface area contributed by atoms with Gasteiger partial charge >= 0.3 is 6.09 Å². The molecule has 2 heterocycles. The van der Waals surface area contributed by atoms with Crippen molar-refractivity contribution in [2.45, 2.75) is 44.8 Å². The van der Waals surface area contributed by atoms with Crippen molar-refractivity contribution in [2.24, 2.45) is 0 Å². The molecular weight excluding hydrogens is 419 g/mol. The van der Waals surface area contributed by atoms with E-state index < -0.39 is 11.7 Å². The number of carbonyl (C=O) groups excluding carboxylic acids is 1. The highest BCUT2D eigenvalue weighted by Crippen LogP contribution is 2.40. The molecule has 2 atom stereocenters. The van der Waals surface area contributed by atoms with E-state index in [1.54, 1.807) is 17.0 Å². The first-order valence-electron chi connectivity index (χ1n) is 11.3. The summed E-state index contributed by atoms with van der Waals surface area (Å²) in [5.41, 5.74) is 4.15. The first-order valence-corrected chi connectivity index (χ1v) is 11.3. The second-order valence-electron chi connectivity index (χ2n) is 8.69. The van der Waals surface area contributed by atoms with Crippen molar-refractivity contribution in [1.29, 1.82) is 0 Å². The maximum absolute atomic E-state index is 13.5. The summed E-state index contributed by atoms with van der Waals surface area (Å²) in [5, 5.41) is 9.36. The highest BCUT2D eigenvalue weighted by atomic mass is 19.1. The molecular formula is C27H29FN2O3. The SMILES string of the molecule is Cc1cncc(-c2ccc([C@H](C)N3CC[C@](CCCO)(c4ccc(F)cc4)OC3=O)cc2)c1. The van der Waals surface area contributed by atoms with Crippen molar-refractivity contribution in [3.8, 4) is 11.1 Å². The Balaban J connectivity index is 1.51. The lowest BCUT2D eigenvalue weighted by Crippen LogP contribution is -2.48. The van der Waals surface area contributed by atoms with Gasteiger partial charge in [-0.05, 0) is 67.1 Å². The molecule has 6 heteroatoms. The summed E-state index contributed by atoms with van der Waals surface area (Å²) >= 11 is 0. The third kappa shape index (κ3) is 4.91. The standard InChI is InChI=1S/C27H29FN2O3/c1-19-16-23(18-29-17-19)22-6-4-21(5-7-22)20(2)30-14-13-27(12-3-15-31,33-26(30)32)24-8-10-25(28)11-9-24/h4-11,16-18,20,31H,3,12-15H2,1-2H3/t20-,27+/m0/s1. The number of aromatic nitrogens is 1. The van der Waals surface area contributed by atoms with Crippen LogP contribution in [0.5, 0.6) is 0 Å². The van der Waals surface area contributed by atoms with E-state index in [9.17, 15) is 14.3 Å². The molecule has 0 bridgehead atoms. The van der Waals surface area contributed by atoms with Crippen LogP contribution in [-0.4, -0.2) is 34.2 Å². The Morgan fingerprint density at radius 1 is 1.12 bits per heavy atom. The number of aliphatic hydroxyl groups is 1. The molecule has 2 aromatic carbocycles. The molecule has 172 valence electrons. The van der Waals surface area contributed by atoms with Gasteiger partial charge in [0, 0.05) is 37.5 Å². The van der Waals surface area contributed by atoms with Gasteiger partial charge in [-0.25, -0.2) is 9.18 Å². The summed E-state index contributed by atoms with van der Waals surface area (Å²) in [6.07, 6.45) is 4.83. The molecule has 1 fully saturated rings. The summed E-state index contributed by atoms with van der Waals surface area (Å²) in [5.74, 6) is -0.335. The van der Waals surface area contributed by atoms with Crippen LogP contribution in [0.15, 0.2) is 67.0 Å². The van der Waals surface area contributed by atoms with E-state index in [2.05, 4.69) is 11.1 Å². The first-order chi connectivity index (χ1) is 15.9. The summed E-state index contributed by atoms with van der Waals surface area (Å²) in [6.45, 7) is 4.51. The number of benzene rings is 2. The van der Waals surface area contributed by atoms with Gasteiger partial charge in [-0.3, -0.25) is 4.98 Å². The summed E-state index contributed by atoms with van der Waals surface area (Å²) in [4.78, 5) is 19.1. The molecule has 1 aromatic heterocycles. The van der Waals surface area contributed by atoms with Gasteiger partial charge in [0.1, 0.15) is 11.4 Å². The topological polar surface area (TPSA) is 62.7 Å². The summed E-state index contributed by atoms with van der Waals surface area (Å²) in [7, 11) is 0. The van der Waals surface area contributed by atoms with Crippen LogP contribution in [0.4, 0.5) is 9.18 Å². The van der Waals surface area contributed by atoms with Crippen molar-refractivity contribution >= 4 is 6.09 Å². The van der Waals surface area contributed by atoms with Gasteiger partial charge in [0.25, 0.3) is 0 Å². The summed E-state index contributed by atoms with van der Waals surface area (Å²) < 4.78 is 19.5. The van der Waals surface area contributed by atoms with Gasteiger partial charge in [-0.1, -0.05) is 36.4 Å². The molecule has 0 aliphatic carbocycles. The molecule has 1 N–H and O–H groups in total. The molecule has 3 aromatic rings. The molecule has 1 amide bonds. The molecule has 5 nitrogen and oxygen atoms in total. The Labute approximate surface area is 193 Å². The van der Waals surface area contributed by atoms with Crippen molar-refractivity contribution in [1.82, 2.24) is 9.88 Å². The van der Waals surface area contributed by atoms with E-state index in [-0.39, 0.29) is 18.5 Å². The van der Waals surface area contributed by atoms with Crippen molar-refractivity contribution in [3.05, 3.63) is 89.5 Å². The maximum Gasteiger partial charge on any atom is 0.411 e. The summed E-state index contributed by atoms with van der Waals surface area (Å²) in [6, 6.07) is 16.2. The Bertz CT molecular complexity index is 1100. The zero-order valence-corrected chi connectivity index (χ0v) is 19.0. The van der Waals surface area contributed by atoms with E-state index in [1.807, 2.05) is 50.5 Å². The minimum absolute atomic E-state index is 0.00339. The molecule has 4 rings (SSSR count). The third-order valence-corrected chi connectivity index (χ3v) is 6.45. The normalized spacial score (nSPS) is 19.3. The van der Waals surface area contributed by atoms with E-state index >= 15 is 0 Å². The maximum atomic E-state index is 13.5. The molecule has 0 saturated carbocycles. The van der Waals surface area contributed by atoms with Gasteiger partial charge in [-0.2, -0.15) is 0 Å².